The van der Waals surface area contributed by atoms with Gasteiger partial charge in [0.2, 0.25) is 5.95 Å². The van der Waals surface area contributed by atoms with Crippen molar-refractivity contribution in [3.05, 3.63) is 86.5 Å². The van der Waals surface area contributed by atoms with Gasteiger partial charge < -0.3 is 23.9 Å². The molecule has 0 spiro atoms. The fourth-order valence-corrected chi connectivity index (χ4v) is 5.84. The molecule has 15 heteroatoms. The second kappa shape index (κ2) is 13.4. The first-order chi connectivity index (χ1) is 21.4. The van der Waals surface area contributed by atoms with Gasteiger partial charge in [-0.05, 0) is 49.7 Å². The number of quaternary nitrogens is 1. The number of morpholine rings is 1. The van der Waals surface area contributed by atoms with Gasteiger partial charge in [0.15, 0.2) is 0 Å². The van der Waals surface area contributed by atoms with Gasteiger partial charge in [-0.25, -0.2) is 19.3 Å². The van der Waals surface area contributed by atoms with Crippen LogP contribution in [0.15, 0.2) is 58.5 Å². The summed E-state index contributed by atoms with van der Waals surface area (Å²) in [6.45, 7) is 7.11. The van der Waals surface area contributed by atoms with Crippen molar-refractivity contribution in [2.75, 3.05) is 44.9 Å². The first-order valence-electron chi connectivity index (χ1n) is 13.9. The minimum atomic E-state index is -4.61. The number of carbonyl (C=O) groups excluding carboxylic acids is 2. The van der Waals surface area contributed by atoms with Crippen molar-refractivity contribution in [2.24, 2.45) is 0 Å². The molecular formula is C30H31F3N6O6. The first-order valence-corrected chi connectivity index (χ1v) is 13.9. The first kappa shape index (κ1) is 33.0. The Morgan fingerprint density at radius 1 is 1.27 bits per heavy atom. The van der Waals surface area contributed by atoms with Crippen LogP contribution in [0.1, 0.15) is 42.1 Å². The van der Waals surface area contributed by atoms with Crippen LogP contribution in [0.2, 0.25) is 0 Å². The van der Waals surface area contributed by atoms with Crippen LogP contribution in [-0.4, -0.2) is 71.6 Å². The number of anilines is 2. The van der Waals surface area contributed by atoms with Gasteiger partial charge in [0, 0.05) is 23.4 Å². The van der Waals surface area contributed by atoms with Crippen molar-refractivity contribution in [1.29, 1.82) is 5.26 Å². The van der Waals surface area contributed by atoms with Crippen LogP contribution < -0.4 is 15.7 Å². The lowest BCUT2D eigenvalue weighted by Crippen LogP contribution is -2.54. The zero-order valence-corrected chi connectivity index (χ0v) is 24.8. The number of halogens is 3. The third-order valence-electron chi connectivity index (χ3n) is 8.14. The molecule has 2 aromatic carbocycles. The van der Waals surface area contributed by atoms with Crippen molar-refractivity contribution in [2.45, 2.75) is 32.6 Å². The van der Waals surface area contributed by atoms with E-state index in [0.29, 0.717) is 35.4 Å². The maximum absolute atomic E-state index is 13.6. The number of rotatable bonds is 6. The number of esters is 1. The van der Waals surface area contributed by atoms with Crippen LogP contribution in [0.25, 0.3) is 0 Å². The Balaban J connectivity index is 0.00000148. The fraction of sp³-hybridized carbons (Fsp3) is 0.367. The van der Waals surface area contributed by atoms with E-state index in [0.717, 1.165) is 37.3 Å². The van der Waals surface area contributed by atoms with Gasteiger partial charge in [0.25, 0.3) is 0 Å². The lowest BCUT2D eigenvalue weighted by atomic mass is 9.89. The standard InChI is InChI=1S/C29H29F3N6O4.CH2O2/c1-4-38(10-12-42-13-11-38)17-20-14-19(16-33)8-9-23(20)25-24(26(39)41-3)18(2)36(27-34-35-28(40)37(25)27)22-7-5-6-21(15-22)29(30,31)32;2-1-3/h5-9,14-15,25H,4,10-13,17H2,1-3H3;1H,(H,2,3). The van der Waals surface area contributed by atoms with E-state index >= 15 is 0 Å². The van der Waals surface area contributed by atoms with Gasteiger partial charge in [0.05, 0.1) is 49.6 Å². The molecule has 0 saturated carbocycles. The van der Waals surface area contributed by atoms with Crippen LogP contribution in [-0.2, 0) is 31.8 Å². The number of ether oxygens (including phenoxy) is 2. The van der Waals surface area contributed by atoms with Crippen molar-refractivity contribution >= 4 is 24.1 Å². The van der Waals surface area contributed by atoms with Crippen LogP contribution >= 0.6 is 0 Å². The molecule has 238 valence electrons. The van der Waals surface area contributed by atoms with Crippen LogP contribution in [0.3, 0.4) is 0 Å². The number of benzene rings is 2. The van der Waals surface area contributed by atoms with E-state index in [1.54, 1.807) is 25.1 Å². The zero-order chi connectivity index (χ0) is 32.9. The van der Waals surface area contributed by atoms with Gasteiger partial charge in [-0.15, -0.1) is 5.10 Å². The summed E-state index contributed by atoms with van der Waals surface area (Å²) in [5, 5.41) is 24.5. The predicted octanol–water partition coefficient (Wildman–Crippen LogP) is 2.38. The highest BCUT2D eigenvalue weighted by molar-refractivity contribution is 5.93. The fourth-order valence-electron chi connectivity index (χ4n) is 5.84. The summed E-state index contributed by atoms with van der Waals surface area (Å²) >= 11 is 0. The second-order valence-corrected chi connectivity index (χ2v) is 10.5. The van der Waals surface area contributed by atoms with E-state index in [1.165, 1.54) is 28.7 Å². The minimum absolute atomic E-state index is 0.00977. The molecule has 12 nitrogen and oxygen atoms in total. The molecule has 3 heterocycles. The normalized spacial score (nSPS) is 17.4. The Labute approximate surface area is 256 Å². The number of carbonyl (C=O) groups is 2. The quantitative estimate of drug-likeness (QED) is 0.246. The molecule has 1 unspecified atom stereocenters. The number of hydrogen-bond acceptors (Lipinski definition) is 9. The Morgan fingerprint density at radius 3 is 2.56 bits per heavy atom. The summed E-state index contributed by atoms with van der Waals surface area (Å²) in [6.07, 6.45) is -4.61. The van der Waals surface area contributed by atoms with E-state index < -0.39 is 35.9 Å². The highest BCUT2D eigenvalue weighted by Gasteiger charge is 2.42. The Morgan fingerprint density at radius 2 is 1.96 bits per heavy atom. The summed E-state index contributed by atoms with van der Waals surface area (Å²) in [4.78, 5) is 36.4. The maximum Gasteiger partial charge on any atom is 0.416 e. The number of aromatic amines is 1. The molecule has 5 rings (SSSR count). The number of alkyl halides is 3. The largest absolute Gasteiger partial charge is 0.554 e. The molecule has 1 atom stereocenters. The Bertz CT molecular complexity index is 1700. The Kier molecular flexibility index (Phi) is 9.79. The van der Waals surface area contributed by atoms with Crippen molar-refractivity contribution in [3.63, 3.8) is 0 Å². The molecule has 3 aromatic rings. The van der Waals surface area contributed by atoms with Gasteiger partial charge >= 0.3 is 17.8 Å². The number of H-pyrrole nitrogens is 1. The van der Waals surface area contributed by atoms with E-state index in [-0.39, 0.29) is 22.9 Å². The molecule has 0 amide bonds. The summed E-state index contributed by atoms with van der Waals surface area (Å²) in [7, 11) is 1.20. The molecule has 1 saturated heterocycles. The van der Waals surface area contributed by atoms with Gasteiger partial charge in [-0.2, -0.15) is 18.4 Å². The average molecular weight is 629 g/mol. The van der Waals surface area contributed by atoms with Crippen LogP contribution in [0.5, 0.6) is 0 Å². The zero-order valence-electron chi connectivity index (χ0n) is 24.8. The van der Waals surface area contributed by atoms with Crippen molar-refractivity contribution < 1.29 is 41.8 Å². The summed E-state index contributed by atoms with van der Waals surface area (Å²) in [5.41, 5.74) is 0.558. The van der Waals surface area contributed by atoms with E-state index in [1.807, 2.05) is 0 Å². The molecule has 1 fully saturated rings. The summed E-state index contributed by atoms with van der Waals surface area (Å²) in [6, 6.07) is 10.8. The SMILES string of the molecule is CC[N+]1(Cc2cc(C#N)ccc2C2C(C(=O)OC)=C(C)N(c3cccc(C(F)(F)F)c3)c3n[nH]c(=O)n32)CCOCC1.O=C[O-]. The topological polar surface area (TPSA) is 153 Å². The molecule has 0 bridgehead atoms. The number of likely N-dealkylation sites (N-methyl/N-ethyl adjacent to an activating group) is 1. The van der Waals surface area contributed by atoms with Crippen LogP contribution in [0.4, 0.5) is 24.8 Å². The van der Waals surface area contributed by atoms with Crippen LogP contribution in [0, 0.1) is 11.3 Å². The monoisotopic (exact) mass is 628 g/mol. The number of nitrogens with zero attached hydrogens (tertiary/aromatic N) is 5. The Hall–Kier alpha value is -4.94. The predicted molar refractivity (Wildman–Crippen MR) is 152 cm³/mol. The number of nitrogens with one attached hydrogen (secondary N) is 1. The number of hydrogen-bond donors (Lipinski definition) is 1. The van der Waals surface area contributed by atoms with E-state index in [4.69, 9.17) is 19.4 Å². The van der Waals surface area contributed by atoms with Gasteiger partial charge in [-0.3, -0.25) is 4.90 Å². The molecule has 45 heavy (non-hydrogen) atoms. The lowest BCUT2D eigenvalue weighted by Gasteiger charge is -2.42. The number of fused-ring (bicyclic) bond motifs is 1. The number of allylic oxidation sites excluding steroid dienone is 1. The molecule has 1 aromatic heterocycles. The van der Waals surface area contributed by atoms with E-state index in [9.17, 15) is 28.0 Å². The van der Waals surface area contributed by atoms with Crippen molar-refractivity contribution in [3.8, 4) is 6.07 Å². The van der Waals surface area contributed by atoms with Gasteiger partial charge in [0.1, 0.15) is 25.7 Å². The average Bonchev–Trinajstić information content (AvgIpc) is 3.41. The lowest BCUT2D eigenvalue weighted by molar-refractivity contribution is -0.946. The molecule has 0 radical (unpaired) electrons. The molecule has 0 aliphatic carbocycles. The molecule has 2 aliphatic heterocycles. The molecular weight excluding hydrogens is 597 g/mol. The highest BCUT2D eigenvalue weighted by Crippen LogP contribution is 2.44. The third kappa shape index (κ3) is 6.47. The highest BCUT2D eigenvalue weighted by atomic mass is 19.4. The number of nitriles is 1. The third-order valence-corrected chi connectivity index (χ3v) is 8.14. The number of methoxy groups -OCH3 is 1. The summed E-state index contributed by atoms with van der Waals surface area (Å²) < 4.78 is 53.5. The number of carboxylic acid groups (broad SMARTS) is 1. The summed E-state index contributed by atoms with van der Waals surface area (Å²) in [5.74, 6) is -0.746. The van der Waals surface area contributed by atoms with Gasteiger partial charge in [-0.1, -0.05) is 12.1 Å². The minimum Gasteiger partial charge on any atom is -0.554 e. The smallest absolute Gasteiger partial charge is 0.416 e. The second-order valence-electron chi connectivity index (χ2n) is 10.5. The van der Waals surface area contributed by atoms with Crippen molar-refractivity contribution in [1.82, 2.24) is 14.8 Å². The van der Waals surface area contributed by atoms with E-state index in [2.05, 4.69) is 23.2 Å². The maximum atomic E-state index is 13.6. The molecule has 1 N–H and O–H groups in total. The molecule has 2 aliphatic rings. The number of aromatic nitrogens is 3.